The van der Waals surface area contributed by atoms with Crippen LogP contribution in [0, 0.1) is 0 Å². The summed E-state index contributed by atoms with van der Waals surface area (Å²) >= 11 is 1.68. The van der Waals surface area contributed by atoms with Gasteiger partial charge in [0.15, 0.2) is 11.5 Å². The van der Waals surface area contributed by atoms with E-state index in [0.29, 0.717) is 5.76 Å². The van der Waals surface area contributed by atoms with E-state index in [-0.39, 0.29) is 0 Å². The fraction of sp³-hybridized carbons (Fsp3) is 0. The fourth-order valence-corrected chi connectivity index (χ4v) is 6.02. The minimum Gasteiger partial charge on any atom is -0.454 e. The third kappa shape index (κ3) is 3.97. The van der Waals surface area contributed by atoms with Gasteiger partial charge in [-0.2, -0.15) is 5.10 Å². The maximum atomic E-state index is 6.30. The smallest absolute Gasteiger partial charge is 0.156 e. The van der Waals surface area contributed by atoms with E-state index in [1.807, 2.05) is 102 Å². The zero-order valence-corrected chi connectivity index (χ0v) is 22.0. The first-order valence-corrected chi connectivity index (χ1v) is 13.8. The molecule has 190 valence electrons. The monoisotopic (exact) mass is 535 g/mol. The molecule has 8 rings (SSSR count). The topological polar surface area (TPSA) is 56.5 Å². The molecule has 0 radical (unpaired) electrons. The predicted molar refractivity (Wildman–Crippen MR) is 161 cm³/mol. The van der Waals surface area contributed by atoms with Gasteiger partial charge < -0.3 is 8.83 Å². The van der Waals surface area contributed by atoms with E-state index in [1.54, 1.807) is 11.8 Å². The minimum absolute atomic E-state index is 0.714. The first-order chi connectivity index (χ1) is 19.8. The van der Waals surface area contributed by atoms with Crippen molar-refractivity contribution in [2.45, 2.75) is 4.90 Å². The summed E-state index contributed by atoms with van der Waals surface area (Å²) in [6.45, 7) is 0. The molecule has 0 saturated heterocycles. The molecule has 1 aliphatic heterocycles. The largest absolute Gasteiger partial charge is 0.454 e. The predicted octanol–water partition coefficient (Wildman–Crippen LogP) is 9.30. The number of aromatic nitrogens is 2. The SMILES string of the molecule is C(=C1/Sc2ccccc2N=C1c1cc2ccccc2o1)/c1cn(-c2ccccc2)nc1-c1cc2ccccc2o1. The summed E-state index contributed by atoms with van der Waals surface area (Å²) in [7, 11) is 0. The van der Waals surface area contributed by atoms with Gasteiger partial charge in [0.1, 0.15) is 22.6 Å². The van der Waals surface area contributed by atoms with Crippen LogP contribution in [0.25, 0.3) is 45.2 Å². The number of allylic oxidation sites excluding steroid dienone is 1. The molecule has 3 aromatic heterocycles. The Morgan fingerprint density at radius 1 is 0.675 bits per heavy atom. The lowest BCUT2D eigenvalue weighted by Gasteiger charge is -2.16. The Morgan fingerprint density at radius 3 is 2.10 bits per heavy atom. The summed E-state index contributed by atoms with van der Waals surface area (Å²) in [6.07, 6.45) is 4.18. The number of hydrogen-bond donors (Lipinski definition) is 0. The Hall–Kier alpha value is -5.07. The molecule has 0 fully saturated rings. The average molecular weight is 536 g/mol. The van der Waals surface area contributed by atoms with Crippen LogP contribution >= 0.6 is 11.8 Å². The lowest BCUT2D eigenvalue weighted by Crippen LogP contribution is -2.05. The van der Waals surface area contributed by atoms with Gasteiger partial charge in [-0.05, 0) is 54.6 Å². The van der Waals surface area contributed by atoms with Gasteiger partial charge in [-0.25, -0.2) is 9.67 Å². The van der Waals surface area contributed by atoms with Crippen molar-refractivity contribution in [3.8, 4) is 17.1 Å². The van der Waals surface area contributed by atoms with E-state index in [0.717, 1.165) is 65.8 Å². The van der Waals surface area contributed by atoms with Gasteiger partial charge >= 0.3 is 0 Å². The highest BCUT2D eigenvalue weighted by Crippen LogP contribution is 2.43. The molecule has 5 nitrogen and oxygen atoms in total. The number of hydrogen-bond acceptors (Lipinski definition) is 5. The van der Waals surface area contributed by atoms with Crippen molar-refractivity contribution >= 4 is 51.2 Å². The van der Waals surface area contributed by atoms with Crippen molar-refractivity contribution in [3.63, 3.8) is 0 Å². The normalized spacial score (nSPS) is 14.1. The number of para-hydroxylation sites is 4. The molecule has 1 aliphatic rings. The molecular formula is C34H21N3O2S. The van der Waals surface area contributed by atoms with Crippen LogP contribution in [0.5, 0.6) is 0 Å². The van der Waals surface area contributed by atoms with Gasteiger partial charge in [-0.1, -0.05) is 78.5 Å². The molecule has 0 N–H and O–H groups in total. The van der Waals surface area contributed by atoms with Crippen LogP contribution in [0.4, 0.5) is 5.69 Å². The summed E-state index contributed by atoms with van der Waals surface area (Å²) in [5.41, 5.74) is 6.04. The molecule has 40 heavy (non-hydrogen) atoms. The van der Waals surface area contributed by atoms with Crippen LogP contribution in [0.3, 0.4) is 0 Å². The first kappa shape index (κ1) is 22.9. The van der Waals surface area contributed by atoms with Crippen LogP contribution in [-0.4, -0.2) is 15.5 Å². The molecule has 0 spiro atoms. The third-order valence-electron chi connectivity index (χ3n) is 6.92. The van der Waals surface area contributed by atoms with Crippen molar-refractivity contribution in [1.29, 1.82) is 0 Å². The number of thioether (sulfide) groups is 1. The molecule has 4 heterocycles. The molecule has 4 aromatic carbocycles. The van der Waals surface area contributed by atoms with Crippen LogP contribution in [0.15, 0.2) is 145 Å². The van der Waals surface area contributed by atoms with Gasteiger partial charge in [-0.15, -0.1) is 0 Å². The van der Waals surface area contributed by atoms with Gasteiger partial charge in [0.2, 0.25) is 0 Å². The Labute approximate surface area is 234 Å². The molecule has 0 atom stereocenters. The van der Waals surface area contributed by atoms with Crippen molar-refractivity contribution in [1.82, 2.24) is 9.78 Å². The maximum Gasteiger partial charge on any atom is 0.156 e. The Morgan fingerprint density at radius 2 is 1.32 bits per heavy atom. The van der Waals surface area contributed by atoms with Crippen LogP contribution in [-0.2, 0) is 0 Å². The zero-order chi connectivity index (χ0) is 26.5. The summed E-state index contributed by atoms with van der Waals surface area (Å²) < 4.78 is 14.5. The highest BCUT2D eigenvalue weighted by Gasteiger charge is 2.24. The molecule has 0 aliphatic carbocycles. The Bertz CT molecular complexity index is 2030. The molecule has 6 heteroatoms. The molecule has 0 bridgehead atoms. The van der Waals surface area contributed by atoms with E-state index in [1.165, 1.54) is 0 Å². The quantitative estimate of drug-likeness (QED) is 0.225. The van der Waals surface area contributed by atoms with Crippen molar-refractivity contribution < 1.29 is 8.83 Å². The summed E-state index contributed by atoms with van der Waals surface area (Å²) in [6, 6.07) is 38.5. The fourth-order valence-electron chi connectivity index (χ4n) is 4.99. The minimum atomic E-state index is 0.714. The van der Waals surface area contributed by atoms with Gasteiger partial charge in [0, 0.05) is 32.3 Å². The van der Waals surface area contributed by atoms with Crippen molar-refractivity contribution in [2.75, 3.05) is 0 Å². The molecule has 7 aromatic rings. The van der Waals surface area contributed by atoms with Gasteiger partial charge in [0.25, 0.3) is 0 Å². The number of aliphatic imine (C=N–C) groups is 1. The number of benzene rings is 4. The van der Waals surface area contributed by atoms with E-state index in [2.05, 4.69) is 30.3 Å². The Kier molecular flexibility index (Phi) is 5.31. The molecule has 0 saturated carbocycles. The second-order valence-corrected chi connectivity index (χ2v) is 10.6. The average Bonchev–Trinajstić information content (AvgIpc) is 3.73. The second-order valence-electron chi connectivity index (χ2n) is 9.55. The number of furan rings is 2. The lowest BCUT2D eigenvalue weighted by atomic mass is 10.1. The highest BCUT2D eigenvalue weighted by atomic mass is 32.2. The third-order valence-corrected chi connectivity index (χ3v) is 8.01. The Balaban J connectivity index is 1.33. The van der Waals surface area contributed by atoms with Crippen LogP contribution in [0.1, 0.15) is 11.3 Å². The summed E-state index contributed by atoms with van der Waals surface area (Å²) in [4.78, 5) is 7.14. The maximum absolute atomic E-state index is 6.30. The number of nitrogens with zero attached hydrogens (tertiary/aromatic N) is 3. The van der Waals surface area contributed by atoms with Crippen molar-refractivity contribution in [2.24, 2.45) is 4.99 Å². The molecule has 0 amide bonds. The summed E-state index contributed by atoms with van der Waals surface area (Å²) in [5.74, 6) is 1.45. The lowest BCUT2D eigenvalue weighted by molar-refractivity contribution is 0.605. The zero-order valence-electron chi connectivity index (χ0n) is 21.2. The van der Waals surface area contributed by atoms with E-state index in [4.69, 9.17) is 18.9 Å². The van der Waals surface area contributed by atoms with Crippen LogP contribution in [0.2, 0.25) is 0 Å². The summed E-state index contributed by atoms with van der Waals surface area (Å²) in [5, 5.41) is 7.08. The van der Waals surface area contributed by atoms with E-state index < -0.39 is 0 Å². The number of fused-ring (bicyclic) bond motifs is 3. The number of rotatable bonds is 4. The standard InChI is InChI=1S/C34H21N3O2S/c1-2-12-25(13-3-1)37-21-24(33(36-37)29-18-22-10-4-7-15-27(22)38-29)20-32-34(35-26-14-6-9-17-31(26)40-32)30-19-23-11-5-8-16-28(23)39-30/h1-21H/b32-20-. The van der Waals surface area contributed by atoms with Gasteiger partial charge in [0.05, 0.1) is 11.4 Å². The van der Waals surface area contributed by atoms with E-state index in [9.17, 15) is 0 Å². The van der Waals surface area contributed by atoms with Crippen LogP contribution < -0.4 is 0 Å². The van der Waals surface area contributed by atoms with Crippen molar-refractivity contribution in [3.05, 3.63) is 138 Å². The molecule has 0 unspecified atom stereocenters. The van der Waals surface area contributed by atoms with Gasteiger partial charge in [-0.3, -0.25) is 0 Å². The second kappa shape index (κ2) is 9.29. The molecular weight excluding hydrogens is 514 g/mol. The highest BCUT2D eigenvalue weighted by molar-refractivity contribution is 8.04. The first-order valence-electron chi connectivity index (χ1n) is 13.0. The van der Waals surface area contributed by atoms with E-state index >= 15 is 0 Å².